The van der Waals surface area contributed by atoms with Crippen molar-refractivity contribution in [2.24, 2.45) is 7.05 Å². The number of hydrogen-bond acceptors (Lipinski definition) is 4. The van der Waals surface area contributed by atoms with Crippen LogP contribution in [-0.2, 0) is 11.8 Å². The maximum Gasteiger partial charge on any atom is 0.271 e. The lowest BCUT2D eigenvalue weighted by molar-refractivity contribution is -0.123. The summed E-state index contributed by atoms with van der Waals surface area (Å²) in [7, 11) is 1.85. The second kappa shape index (κ2) is 7.40. The minimum atomic E-state index is -0.794. The summed E-state index contributed by atoms with van der Waals surface area (Å²) in [6.45, 7) is 1.55. The monoisotopic (exact) mass is 370 g/mol. The Morgan fingerprint density at radius 2 is 1.81 bits per heavy atom. The zero-order valence-corrected chi connectivity index (χ0v) is 15.1. The summed E-state index contributed by atoms with van der Waals surface area (Å²) in [5, 5.41) is 5.16. The van der Waals surface area contributed by atoms with Crippen LogP contribution < -0.4 is 16.2 Å². The molecule has 0 aliphatic rings. The number of aryl methyl sites for hydroxylation is 1. The fourth-order valence-electron chi connectivity index (χ4n) is 2.56. The van der Waals surface area contributed by atoms with E-state index in [-0.39, 0.29) is 5.91 Å². The summed E-state index contributed by atoms with van der Waals surface area (Å²) < 4.78 is 1.84. The maximum atomic E-state index is 12.4. The van der Waals surface area contributed by atoms with Crippen molar-refractivity contribution < 1.29 is 14.4 Å². The van der Waals surface area contributed by atoms with Gasteiger partial charge in [0.25, 0.3) is 17.7 Å². The van der Waals surface area contributed by atoms with E-state index in [9.17, 15) is 14.4 Å². The average molecular weight is 370 g/mol. The maximum absolute atomic E-state index is 12.4. The molecule has 0 bridgehead atoms. The van der Waals surface area contributed by atoms with Crippen molar-refractivity contribution in [2.45, 2.75) is 13.0 Å². The van der Waals surface area contributed by atoms with Gasteiger partial charge in [0.05, 0.1) is 10.4 Å². The quantitative estimate of drug-likeness (QED) is 0.612. The zero-order chi connectivity index (χ0) is 18.7. The third kappa shape index (κ3) is 3.60. The molecule has 0 radical (unpaired) electrons. The van der Waals surface area contributed by atoms with E-state index in [2.05, 4.69) is 16.2 Å². The third-order valence-electron chi connectivity index (χ3n) is 3.93. The Bertz CT molecular complexity index is 962. The van der Waals surface area contributed by atoms with Crippen LogP contribution in [0.5, 0.6) is 0 Å². The van der Waals surface area contributed by atoms with E-state index in [1.165, 1.54) is 11.3 Å². The van der Waals surface area contributed by atoms with Crippen molar-refractivity contribution in [3.8, 4) is 0 Å². The van der Waals surface area contributed by atoms with Gasteiger partial charge in [-0.1, -0.05) is 24.3 Å². The van der Waals surface area contributed by atoms with E-state index in [0.29, 0.717) is 10.4 Å². The van der Waals surface area contributed by atoms with Gasteiger partial charge in [0.2, 0.25) is 0 Å². The molecule has 0 saturated carbocycles. The van der Waals surface area contributed by atoms with Gasteiger partial charge in [-0.3, -0.25) is 25.2 Å². The predicted octanol–water partition coefficient (Wildman–Crippen LogP) is 1.82. The molecule has 3 rings (SSSR count). The van der Waals surface area contributed by atoms with Gasteiger partial charge in [0.15, 0.2) is 0 Å². The van der Waals surface area contributed by atoms with Crippen molar-refractivity contribution in [3.63, 3.8) is 0 Å². The number of hydrogen-bond donors (Lipinski definition) is 3. The first-order chi connectivity index (χ1) is 12.5. The summed E-state index contributed by atoms with van der Waals surface area (Å²) in [6.07, 6.45) is 1.70. The molecule has 0 saturated heterocycles. The highest BCUT2D eigenvalue weighted by molar-refractivity contribution is 7.12. The zero-order valence-electron chi connectivity index (χ0n) is 14.3. The van der Waals surface area contributed by atoms with Gasteiger partial charge in [0.1, 0.15) is 6.04 Å². The van der Waals surface area contributed by atoms with Crippen LogP contribution in [0.3, 0.4) is 0 Å². The largest absolute Gasteiger partial charge is 0.350 e. The fourth-order valence-corrected chi connectivity index (χ4v) is 3.18. The van der Waals surface area contributed by atoms with E-state index in [1.54, 1.807) is 30.6 Å². The van der Waals surface area contributed by atoms with Gasteiger partial charge < -0.3 is 9.88 Å². The number of amides is 3. The molecule has 0 aliphatic carbocycles. The Balaban J connectivity index is 1.60. The Morgan fingerprint density at radius 1 is 1.04 bits per heavy atom. The second-order valence-electron chi connectivity index (χ2n) is 5.79. The first-order valence-corrected chi connectivity index (χ1v) is 8.84. The average Bonchev–Trinajstić information content (AvgIpc) is 3.28. The minimum Gasteiger partial charge on any atom is -0.350 e. The molecule has 0 spiro atoms. The van der Waals surface area contributed by atoms with E-state index >= 15 is 0 Å². The molecule has 26 heavy (non-hydrogen) atoms. The van der Waals surface area contributed by atoms with Gasteiger partial charge in [-0.15, -0.1) is 11.3 Å². The predicted molar refractivity (Wildman–Crippen MR) is 99.8 cm³/mol. The van der Waals surface area contributed by atoms with E-state index in [4.69, 9.17) is 0 Å². The van der Waals surface area contributed by atoms with Crippen LogP contribution in [0.1, 0.15) is 27.0 Å². The van der Waals surface area contributed by atoms with Crippen LogP contribution in [0, 0.1) is 0 Å². The molecular weight excluding hydrogens is 352 g/mol. The van der Waals surface area contributed by atoms with Crippen LogP contribution in [0.4, 0.5) is 0 Å². The number of nitrogens with one attached hydrogen (secondary N) is 3. The Kier molecular flexibility index (Phi) is 5.04. The van der Waals surface area contributed by atoms with Gasteiger partial charge >= 0.3 is 0 Å². The number of rotatable bonds is 4. The molecule has 3 N–H and O–H groups in total. The van der Waals surface area contributed by atoms with E-state index < -0.39 is 17.9 Å². The highest BCUT2D eigenvalue weighted by atomic mass is 32.1. The number of aromatic nitrogens is 1. The van der Waals surface area contributed by atoms with E-state index in [1.807, 2.05) is 35.9 Å². The number of carbonyl (C=O) groups excluding carboxylic acids is 3. The Hall–Kier alpha value is -3.13. The van der Waals surface area contributed by atoms with Crippen molar-refractivity contribution in [3.05, 3.63) is 58.4 Å². The molecule has 7 nitrogen and oxygen atoms in total. The van der Waals surface area contributed by atoms with Crippen molar-refractivity contribution >= 4 is 40.0 Å². The Labute approximate surface area is 154 Å². The summed E-state index contributed by atoms with van der Waals surface area (Å²) in [5.74, 6) is -1.27. The van der Waals surface area contributed by atoms with Crippen LogP contribution >= 0.6 is 11.3 Å². The highest BCUT2D eigenvalue weighted by Gasteiger charge is 2.19. The third-order valence-corrected chi connectivity index (χ3v) is 4.80. The van der Waals surface area contributed by atoms with Crippen LogP contribution in [-0.4, -0.2) is 28.3 Å². The number of hydrazine groups is 1. The molecular formula is C18H18N4O3S. The van der Waals surface area contributed by atoms with E-state index in [0.717, 1.165) is 10.9 Å². The molecule has 1 unspecified atom stereocenters. The molecule has 3 amide bonds. The topological polar surface area (TPSA) is 92.2 Å². The number of para-hydroxylation sites is 1. The van der Waals surface area contributed by atoms with Crippen LogP contribution in [0.25, 0.3) is 10.9 Å². The number of thiophene rings is 1. The number of benzene rings is 1. The molecule has 3 aromatic rings. The lowest BCUT2D eigenvalue weighted by atomic mass is 10.2. The number of nitrogens with zero attached hydrogens (tertiary/aromatic N) is 1. The highest BCUT2D eigenvalue weighted by Crippen LogP contribution is 2.19. The molecule has 1 aromatic carbocycles. The van der Waals surface area contributed by atoms with Gasteiger partial charge in [-0.2, -0.15) is 0 Å². The lowest BCUT2D eigenvalue weighted by Gasteiger charge is -2.14. The molecule has 2 aromatic heterocycles. The smallest absolute Gasteiger partial charge is 0.271 e. The van der Waals surface area contributed by atoms with Crippen molar-refractivity contribution in [1.82, 2.24) is 20.7 Å². The number of fused-ring (bicyclic) bond motifs is 1. The van der Waals surface area contributed by atoms with Gasteiger partial charge in [-0.05, 0) is 24.4 Å². The minimum absolute atomic E-state index is 0.331. The molecule has 2 heterocycles. The fraction of sp³-hybridized carbons (Fsp3) is 0.167. The summed E-state index contributed by atoms with van der Waals surface area (Å²) in [5.41, 5.74) is 6.11. The van der Waals surface area contributed by atoms with Crippen LogP contribution in [0.15, 0.2) is 48.0 Å². The first kappa shape index (κ1) is 17.7. The molecule has 0 aliphatic heterocycles. The normalized spacial score (nSPS) is 11.8. The second-order valence-corrected chi connectivity index (χ2v) is 6.73. The standard InChI is InChI=1S/C18H18N4O3S/c1-11(19-18(25)15-8-5-9-26-15)16(23)20-21-17(24)13-10-22(2)14-7-4-3-6-12(13)14/h3-11H,1-2H3,(H,19,25)(H,20,23)(H,21,24). The summed E-state index contributed by atoms with van der Waals surface area (Å²) >= 11 is 1.29. The lowest BCUT2D eigenvalue weighted by Crippen LogP contribution is -2.51. The van der Waals surface area contributed by atoms with Gasteiger partial charge in [0, 0.05) is 24.1 Å². The molecule has 1 atom stereocenters. The Morgan fingerprint density at radius 3 is 2.54 bits per heavy atom. The summed E-state index contributed by atoms with van der Waals surface area (Å²) in [4.78, 5) is 37.0. The molecule has 8 heteroatoms. The summed E-state index contributed by atoms with van der Waals surface area (Å²) in [6, 6.07) is 10.1. The van der Waals surface area contributed by atoms with Crippen LogP contribution in [0.2, 0.25) is 0 Å². The molecule has 0 fully saturated rings. The first-order valence-electron chi connectivity index (χ1n) is 7.96. The number of carbonyl (C=O) groups is 3. The molecule has 134 valence electrons. The van der Waals surface area contributed by atoms with Crippen molar-refractivity contribution in [1.29, 1.82) is 0 Å². The van der Waals surface area contributed by atoms with Crippen molar-refractivity contribution in [2.75, 3.05) is 0 Å². The SMILES string of the molecule is CC(NC(=O)c1cccs1)C(=O)NNC(=O)c1cn(C)c2ccccc12. The van der Waals surface area contributed by atoms with Gasteiger partial charge in [-0.25, -0.2) is 0 Å².